The number of hydrogen-bond donors (Lipinski definition) is 1. The van der Waals surface area contributed by atoms with Gasteiger partial charge in [-0.15, -0.1) is 0 Å². The third-order valence-electron chi connectivity index (χ3n) is 3.26. The van der Waals surface area contributed by atoms with Crippen molar-refractivity contribution in [3.05, 3.63) is 29.8 Å². The van der Waals surface area contributed by atoms with Gasteiger partial charge in [0.15, 0.2) is 0 Å². The van der Waals surface area contributed by atoms with Crippen LogP contribution in [0, 0.1) is 11.3 Å². The third-order valence-corrected chi connectivity index (χ3v) is 5.05. The standard InChI is InChI=1S/C13H16N2O3S/c1-2-6-13(16)9-15(10-13)19(17,18)12-5-3-4-11(7-12)8-14/h3-5,7,16H,2,6,9-10H2,1H3. The van der Waals surface area contributed by atoms with Crippen molar-refractivity contribution in [2.24, 2.45) is 0 Å². The van der Waals surface area contributed by atoms with Crippen LogP contribution in [0.5, 0.6) is 0 Å². The van der Waals surface area contributed by atoms with Crippen molar-refractivity contribution in [1.82, 2.24) is 4.31 Å². The highest BCUT2D eigenvalue weighted by Crippen LogP contribution is 2.31. The average Bonchev–Trinajstić information content (AvgIpc) is 2.36. The van der Waals surface area contributed by atoms with Gasteiger partial charge in [-0.25, -0.2) is 8.42 Å². The number of benzene rings is 1. The fourth-order valence-corrected chi connectivity index (χ4v) is 3.92. The van der Waals surface area contributed by atoms with E-state index in [0.717, 1.165) is 6.42 Å². The molecular formula is C13H16N2O3S. The van der Waals surface area contributed by atoms with Crippen LogP contribution < -0.4 is 0 Å². The third kappa shape index (κ3) is 2.63. The fraction of sp³-hybridized carbons (Fsp3) is 0.462. The Morgan fingerprint density at radius 3 is 2.74 bits per heavy atom. The lowest BCUT2D eigenvalue weighted by atomic mass is 9.92. The Labute approximate surface area is 113 Å². The van der Waals surface area contributed by atoms with Crippen LogP contribution >= 0.6 is 0 Å². The van der Waals surface area contributed by atoms with E-state index in [9.17, 15) is 13.5 Å². The molecule has 0 bridgehead atoms. The van der Waals surface area contributed by atoms with Crippen LogP contribution in [0.3, 0.4) is 0 Å². The maximum absolute atomic E-state index is 12.3. The molecule has 1 N–H and O–H groups in total. The molecule has 6 heteroatoms. The number of nitrogens with zero attached hydrogens (tertiary/aromatic N) is 2. The van der Waals surface area contributed by atoms with Gasteiger partial charge in [-0.2, -0.15) is 9.57 Å². The molecule has 1 heterocycles. The van der Waals surface area contributed by atoms with E-state index in [2.05, 4.69) is 0 Å². The smallest absolute Gasteiger partial charge is 0.243 e. The molecule has 1 aromatic rings. The molecule has 0 aliphatic carbocycles. The summed E-state index contributed by atoms with van der Waals surface area (Å²) in [7, 11) is -3.60. The summed E-state index contributed by atoms with van der Waals surface area (Å²) in [4.78, 5) is 0.102. The van der Waals surface area contributed by atoms with E-state index in [1.165, 1.54) is 16.4 Å². The first-order valence-electron chi connectivity index (χ1n) is 6.14. The first-order chi connectivity index (χ1) is 8.91. The van der Waals surface area contributed by atoms with Gasteiger partial charge in [0, 0.05) is 13.1 Å². The monoisotopic (exact) mass is 280 g/mol. The highest BCUT2D eigenvalue weighted by molar-refractivity contribution is 7.89. The molecule has 1 fully saturated rings. The molecule has 0 radical (unpaired) electrons. The van der Waals surface area contributed by atoms with E-state index >= 15 is 0 Å². The molecule has 0 unspecified atom stereocenters. The Morgan fingerprint density at radius 2 is 2.16 bits per heavy atom. The molecule has 0 saturated carbocycles. The first kappa shape index (κ1) is 14.0. The topological polar surface area (TPSA) is 81.4 Å². The second kappa shape index (κ2) is 4.93. The van der Waals surface area contributed by atoms with Gasteiger partial charge < -0.3 is 5.11 Å². The molecular weight excluding hydrogens is 264 g/mol. The van der Waals surface area contributed by atoms with Gasteiger partial charge in [0.25, 0.3) is 0 Å². The molecule has 1 saturated heterocycles. The van der Waals surface area contributed by atoms with Gasteiger partial charge in [-0.3, -0.25) is 0 Å². The number of β-amino-alcohol motifs (C(OH)–C–C–N with tert-alkyl or cyclic N) is 1. The van der Waals surface area contributed by atoms with Gasteiger partial charge in [0.05, 0.1) is 22.1 Å². The molecule has 1 aliphatic rings. The van der Waals surface area contributed by atoms with Crippen molar-refractivity contribution >= 4 is 10.0 Å². The summed E-state index contributed by atoms with van der Waals surface area (Å²) < 4.78 is 25.8. The van der Waals surface area contributed by atoms with Crippen molar-refractivity contribution in [2.75, 3.05) is 13.1 Å². The van der Waals surface area contributed by atoms with E-state index in [0.29, 0.717) is 12.0 Å². The van der Waals surface area contributed by atoms with E-state index < -0.39 is 15.6 Å². The van der Waals surface area contributed by atoms with Crippen LogP contribution in [0.1, 0.15) is 25.3 Å². The minimum Gasteiger partial charge on any atom is -0.387 e. The molecule has 5 nitrogen and oxygen atoms in total. The summed E-state index contributed by atoms with van der Waals surface area (Å²) in [5.41, 5.74) is -0.584. The lowest BCUT2D eigenvalue weighted by Crippen LogP contribution is -2.63. The molecule has 19 heavy (non-hydrogen) atoms. The molecule has 102 valence electrons. The van der Waals surface area contributed by atoms with Crippen LogP contribution in [0.2, 0.25) is 0 Å². The van der Waals surface area contributed by atoms with Gasteiger partial charge in [-0.05, 0) is 24.6 Å². The lowest BCUT2D eigenvalue weighted by Gasteiger charge is -2.45. The van der Waals surface area contributed by atoms with E-state index in [4.69, 9.17) is 5.26 Å². The predicted octanol–water partition coefficient (Wildman–Crippen LogP) is 1.09. The second-order valence-corrected chi connectivity index (χ2v) is 6.83. The fourth-order valence-electron chi connectivity index (χ4n) is 2.28. The van der Waals surface area contributed by atoms with E-state index in [1.807, 2.05) is 13.0 Å². The lowest BCUT2D eigenvalue weighted by molar-refractivity contribution is -0.0653. The van der Waals surface area contributed by atoms with Crippen molar-refractivity contribution in [1.29, 1.82) is 5.26 Å². The van der Waals surface area contributed by atoms with E-state index in [1.54, 1.807) is 12.1 Å². The highest BCUT2D eigenvalue weighted by atomic mass is 32.2. The zero-order valence-corrected chi connectivity index (χ0v) is 11.5. The van der Waals surface area contributed by atoms with Gasteiger partial charge in [0.2, 0.25) is 10.0 Å². The van der Waals surface area contributed by atoms with Crippen LogP contribution in [-0.2, 0) is 10.0 Å². The van der Waals surface area contributed by atoms with Crippen LogP contribution in [0.15, 0.2) is 29.2 Å². The molecule has 1 aliphatic heterocycles. The Hall–Kier alpha value is -1.42. The van der Waals surface area contributed by atoms with Crippen molar-refractivity contribution in [2.45, 2.75) is 30.3 Å². The predicted molar refractivity (Wildman–Crippen MR) is 69.8 cm³/mol. The second-order valence-electron chi connectivity index (χ2n) is 4.89. The van der Waals surface area contributed by atoms with Crippen LogP contribution in [-0.4, -0.2) is 36.5 Å². The minimum absolute atomic E-state index is 0.102. The number of sulfonamides is 1. The molecule has 0 spiro atoms. The molecule has 2 rings (SSSR count). The number of rotatable bonds is 4. The zero-order valence-electron chi connectivity index (χ0n) is 10.7. The van der Waals surface area contributed by atoms with Crippen LogP contribution in [0.4, 0.5) is 0 Å². The Balaban J connectivity index is 2.19. The maximum atomic E-state index is 12.3. The Kier molecular flexibility index (Phi) is 3.63. The number of nitriles is 1. The SMILES string of the molecule is CCCC1(O)CN(S(=O)(=O)c2cccc(C#N)c2)C1. The largest absolute Gasteiger partial charge is 0.387 e. The Bertz CT molecular complexity index is 613. The quantitative estimate of drug-likeness (QED) is 0.895. The maximum Gasteiger partial charge on any atom is 0.243 e. The summed E-state index contributed by atoms with van der Waals surface area (Å²) in [5, 5.41) is 18.8. The normalized spacial score (nSPS) is 18.6. The zero-order chi connectivity index (χ0) is 14.1. The highest BCUT2D eigenvalue weighted by Gasteiger charge is 2.46. The molecule has 0 amide bonds. The van der Waals surface area contributed by atoms with Crippen molar-refractivity contribution < 1.29 is 13.5 Å². The Morgan fingerprint density at radius 1 is 1.47 bits per heavy atom. The summed E-state index contributed by atoms with van der Waals surface area (Å²) in [6, 6.07) is 7.84. The van der Waals surface area contributed by atoms with Crippen molar-refractivity contribution in [3.8, 4) is 6.07 Å². The minimum atomic E-state index is -3.60. The van der Waals surface area contributed by atoms with Gasteiger partial charge >= 0.3 is 0 Å². The molecule has 1 aromatic carbocycles. The average molecular weight is 280 g/mol. The van der Waals surface area contributed by atoms with Crippen LogP contribution in [0.25, 0.3) is 0 Å². The first-order valence-corrected chi connectivity index (χ1v) is 7.58. The summed E-state index contributed by atoms with van der Waals surface area (Å²) in [6.45, 7) is 2.20. The van der Waals surface area contributed by atoms with Crippen molar-refractivity contribution in [3.63, 3.8) is 0 Å². The summed E-state index contributed by atoms with van der Waals surface area (Å²) >= 11 is 0. The molecule has 0 atom stereocenters. The van der Waals surface area contributed by atoms with E-state index in [-0.39, 0.29) is 18.0 Å². The summed E-state index contributed by atoms with van der Waals surface area (Å²) in [5.74, 6) is 0. The van der Waals surface area contributed by atoms with Gasteiger partial charge in [-0.1, -0.05) is 19.4 Å². The summed E-state index contributed by atoms with van der Waals surface area (Å²) in [6.07, 6.45) is 1.41. The number of hydrogen-bond acceptors (Lipinski definition) is 4. The van der Waals surface area contributed by atoms with Gasteiger partial charge in [0.1, 0.15) is 0 Å². The molecule has 0 aromatic heterocycles. The number of aliphatic hydroxyl groups is 1.